The number of hydrogen-bond acceptors (Lipinski definition) is 3. The maximum Gasteiger partial charge on any atom is 0.337 e. The maximum absolute atomic E-state index is 12.9. The molecule has 6 heteroatoms. The summed E-state index contributed by atoms with van der Waals surface area (Å²) < 4.78 is 17.6. The summed E-state index contributed by atoms with van der Waals surface area (Å²) >= 11 is 5.94. The first-order chi connectivity index (χ1) is 10.9. The van der Waals surface area contributed by atoms with Crippen molar-refractivity contribution in [2.45, 2.75) is 13.0 Å². The van der Waals surface area contributed by atoms with Crippen molar-refractivity contribution in [3.8, 4) is 0 Å². The number of rotatable bonds is 4. The molecule has 0 aromatic heterocycles. The van der Waals surface area contributed by atoms with E-state index < -0.39 is 11.9 Å². The van der Waals surface area contributed by atoms with Crippen LogP contribution in [0, 0.1) is 5.82 Å². The highest BCUT2D eigenvalue weighted by molar-refractivity contribution is 6.31. The van der Waals surface area contributed by atoms with Crippen LogP contribution in [0.15, 0.2) is 42.5 Å². The highest BCUT2D eigenvalue weighted by atomic mass is 35.5. The quantitative estimate of drug-likeness (QED) is 0.866. The second-order valence-corrected chi connectivity index (χ2v) is 5.40. The zero-order valence-electron chi connectivity index (χ0n) is 12.6. The van der Waals surface area contributed by atoms with Gasteiger partial charge in [0.05, 0.1) is 18.7 Å². The fourth-order valence-corrected chi connectivity index (χ4v) is 2.31. The summed E-state index contributed by atoms with van der Waals surface area (Å²) in [5.74, 6) is -1.31. The van der Waals surface area contributed by atoms with Crippen molar-refractivity contribution in [1.29, 1.82) is 0 Å². The van der Waals surface area contributed by atoms with Crippen LogP contribution in [-0.2, 0) is 4.74 Å². The van der Waals surface area contributed by atoms with Crippen molar-refractivity contribution < 1.29 is 18.7 Å². The zero-order chi connectivity index (χ0) is 17.0. The third-order valence-corrected chi connectivity index (χ3v) is 3.52. The highest BCUT2D eigenvalue weighted by Crippen LogP contribution is 2.18. The van der Waals surface area contributed by atoms with Crippen molar-refractivity contribution >= 4 is 23.5 Å². The Morgan fingerprint density at radius 3 is 2.35 bits per heavy atom. The van der Waals surface area contributed by atoms with Crippen molar-refractivity contribution in [3.63, 3.8) is 0 Å². The first kappa shape index (κ1) is 17.0. The average molecular weight is 336 g/mol. The van der Waals surface area contributed by atoms with E-state index in [1.54, 1.807) is 19.1 Å². The van der Waals surface area contributed by atoms with E-state index in [-0.39, 0.29) is 28.0 Å². The molecule has 0 aliphatic carbocycles. The molecule has 1 amide bonds. The number of halogens is 2. The molecule has 0 unspecified atom stereocenters. The number of amides is 1. The molecule has 0 aliphatic heterocycles. The van der Waals surface area contributed by atoms with Crippen LogP contribution in [0.4, 0.5) is 4.39 Å². The summed E-state index contributed by atoms with van der Waals surface area (Å²) in [6.45, 7) is 1.77. The molecule has 0 radical (unpaired) electrons. The molecule has 0 saturated heterocycles. The summed E-state index contributed by atoms with van der Waals surface area (Å²) in [5, 5.41) is 3.03. The van der Waals surface area contributed by atoms with Gasteiger partial charge in [0.15, 0.2) is 0 Å². The number of nitrogens with one attached hydrogen (secondary N) is 1. The SMILES string of the molecule is COC(=O)c1cc(Cl)cc(C(=O)N[C@H](C)c2ccc(F)cc2)c1. The molecule has 0 aliphatic rings. The monoisotopic (exact) mass is 335 g/mol. The lowest BCUT2D eigenvalue weighted by atomic mass is 10.1. The molecular formula is C17H15ClFNO3. The standard InChI is InChI=1S/C17H15ClFNO3/c1-10(11-3-5-15(19)6-4-11)20-16(21)12-7-13(17(22)23-2)9-14(18)8-12/h3-10H,1-2H3,(H,20,21)/t10-/m1/s1. The number of methoxy groups -OCH3 is 1. The van der Waals surface area contributed by atoms with Gasteiger partial charge >= 0.3 is 5.97 Å². The summed E-state index contributed by atoms with van der Waals surface area (Å²) in [6.07, 6.45) is 0. The molecular weight excluding hydrogens is 321 g/mol. The van der Waals surface area contributed by atoms with Gasteiger partial charge in [0.25, 0.3) is 5.91 Å². The Kier molecular flexibility index (Phi) is 5.34. The van der Waals surface area contributed by atoms with Gasteiger partial charge in [-0.25, -0.2) is 9.18 Å². The number of hydrogen-bond donors (Lipinski definition) is 1. The van der Waals surface area contributed by atoms with Crippen LogP contribution >= 0.6 is 11.6 Å². The van der Waals surface area contributed by atoms with E-state index >= 15 is 0 Å². The lowest BCUT2D eigenvalue weighted by molar-refractivity contribution is 0.0600. The predicted octanol–water partition coefficient (Wildman–Crippen LogP) is 3.76. The number of esters is 1. The molecule has 0 saturated carbocycles. The largest absolute Gasteiger partial charge is 0.465 e. The van der Waals surface area contributed by atoms with E-state index in [9.17, 15) is 14.0 Å². The lowest BCUT2D eigenvalue weighted by Gasteiger charge is -2.15. The van der Waals surface area contributed by atoms with Crippen molar-refractivity contribution in [1.82, 2.24) is 5.32 Å². The van der Waals surface area contributed by atoms with Crippen molar-refractivity contribution in [3.05, 3.63) is 70.0 Å². The normalized spacial score (nSPS) is 11.7. The highest BCUT2D eigenvalue weighted by Gasteiger charge is 2.15. The maximum atomic E-state index is 12.9. The van der Waals surface area contributed by atoms with Crippen LogP contribution in [0.3, 0.4) is 0 Å². The average Bonchev–Trinajstić information content (AvgIpc) is 2.53. The van der Waals surface area contributed by atoms with Gasteiger partial charge in [0.1, 0.15) is 5.82 Å². The Morgan fingerprint density at radius 2 is 1.74 bits per heavy atom. The van der Waals surface area contributed by atoms with Crippen molar-refractivity contribution in [2.24, 2.45) is 0 Å². The van der Waals surface area contributed by atoms with Crippen LogP contribution in [0.2, 0.25) is 5.02 Å². The second-order valence-electron chi connectivity index (χ2n) is 4.97. The van der Waals surface area contributed by atoms with E-state index in [1.165, 1.54) is 37.4 Å². The molecule has 23 heavy (non-hydrogen) atoms. The van der Waals surface area contributed by atoms with E-state index in [2.05, 4.69) is 10.1 Å². The minimum atomic E-state index is -0.576. The summed E-state index contributed by atoms with van der Waals surface area (Å²) in [6, 6.07) is 9.80. The third kappa shape index (κ3) is 4.29. The number of carbonyl (C=O) groups is 2. The Morgan fingerprint density at radius 1 is 1.13 bits per heavy atom. The van der Waals surface area contributed by atoms with Crippen LogP contribution in [-0.4, -0.2) is 19.0 Å². The summed E-state index contributed by atoms with van der Waals surface area (Å²) in [4.78, 5) is 23.9. The molecule has 0 spiro atoms. The fourth-order valence-electron chi connectivity index (χ4n) is 2.07. The number of ether oxygens (including phenoxy) is 1. The molecule has 1 atom stereocenters. The van der Waals surface area contributed by atoms with Gasteiger partial charge in [-0.1, -0.05) is 23.7 Å². The smallest absolute Gasteiger partial charge is 0.337 e. The molecule has 0 bridgehead atoms. The van der Waals surface area contributed by atoms with E-state index in [1.807, 2.05) is 0 Å². The number of benzene rings is 2. The van der Waals surface area contributed by atoms with Crippen LogP contribution in [0.25, 0.3) is 0 Å². The molecule has 0 heterocycles. The van der Waals surface area contributed by atoms with Crippen LogP contribution < -0.4 is 5.32 Å². The van der Waals surface area contributed by atoms with Crippen LogP contribution in [0.5, 0.6) is 0 Å². The molecule has 120 valence electrons. The van der Waals surface area contributed by atoms with Crippen molar-refractivity contribution in [2.75, 3.05) is 7.11 Å². The minimum Gasteiger partial charge on any atom is -0.465 e. The molecule has 0 fully saturated rings. The molecule has 1 N–H and O–H groups in total. The first-order valence-electron chi connectivity index (χ1n) is 6.86. The Hall–Kier alpha value is -2.40. The van der Waals surface area contributed by atoms with E-state index in [4.69, 9.17) is 11.6 Å². The Labute approximate surface area is 138 Å². The minimum absolute atomic E-state index is 0.194. The Bertz CT molecular complexity index is 731. The van der Waals surface area contributed by atoms with Gasteiger partial charge in [-0.15, -0.1) is 0 Å². The summed E-state index contributed by atoms with van der Waals surface area (Å²) in [5.41, 5.74) is 1.20. The fraction of sp³-hybridized carbons (Fsp3) is 0.176. The predicted molar refractivity (Wildman–Crippen MR) is 85.1 cm³/mol. The Balaban J connectivity index is 2.18. The molecule has 4 nitrogen and oxygen atoms in total. The molecule has 2 rings (SSSR count). The summed E-state index contributed by atoms with van der Waals surface area (Å²) in [7, 11) is 1.25. The van der Waals surface area contributed by atoms with Gasteiger partial charge in [-0.2, -0.15) is 0 Å². The van der Waals surface area contributed by atoms with Crippen LogP contribution in [0.1, 0.15) is 39.2 Å². The third-order valence-electron chi connectivity index (χ3n) is 3.30. The zero-order valence-corrected chi connectivity index (χ0v) is 13.4. The van der Waals surface area contributed by atoms with Gasteiger partial charge in [-0.3, -0.25) is 4.79 Å². The second kappa shape index (κ2) is 7.24. The van der Waals surface area contributed by atoms with E-state index in [0.717, 1.165) is 5.56 Å². The van der Waals surface area contributed by atoms with Gasteiger partial charge in [0, 0.05) is 10.6 Å². The van der Waals surface area contributed by atoms with Gasteiger partial charge in [-0.05, 0) is 42.8 Å². The van der Waals surface area contributed by atoms with E-state index in [0.29, 0.717) is 0 Å². The molecule has 2 aromatic carbocycles. The van der Waals surface area contributed by atoms with Gasteiger partial charge in [0.2, 0.25) is 0 Å². The number of carbonyl (C=O) groups excluding carboxylic acids is 2. The first-order valence-corrected chi connectivity index (χ1v) is 7.23. The van der Waals surface area contributed by atoms with Gasteiger partial charge < -0.3 is 10.1 Å². The molecule has 2 aromatic rings. The lowest BCUT2D eigenvalue weighted by Crippen LogP contribution is -2.26. The topological polar surface area (TPSA) is 55.4 Å².